The molecule has 3 nitrogen and oxygen atoms in total. The maximum Gasteiger partial charge on any atom is 0.328 e. The van der Waals surface area contributed by atoms with Gasteiger partial charge in [-0.1, -0.05) is 18.2 Å². The van der Waals surface area contributed by atoms with Gasteiger partial charge in [-0.25, -0.2) is 4.79 Å². The van der Waals surface area contributed by atoms with Crippen molar-refractivity contribution in [3.63, 3.8) is 0 Å². The smallest absolute Gasteiger partial charge is 0.328 e. The Morgan fingerprint density at radius 3 is 2.80 bits per heavy atom. The first-order chi connectivity index (χ1) is 7.18. The molecule has 15 heavy (non-hydrogen) atoms. The van der Waals surface area contributed by atoms with Gasteiger partial charge in [0.15, 0.2) is 0 Å². The van der Waals surface area contributed by atoms with E-state index in [2.05, 4.69) is 4.98 Å². The highest BCUT2D eigenvalue weighted by Crippen LogP contribution is 2.21. The lowest BCUT2D eigenvalue weighted by Gasteiger charge is -1.89. The van der Waals surface area contributed by atoms with Crippen LogP contribution in [0.1, 0.15) is 11.3 Å². The van der Waals surface area contributed by atoms with Crippen molar-refractivity contribution >= 4 is 22.9 Å². The van der Waals surface area contributed by atoms with Crippen molar-refractivity contribution in [1.82, 2.24) is 4.98 Å². The Balaban J connectivity index is 2.53. The van der Waals surface area contributed by atoms with E-state index in [9.17, 15) is 4.79 Å². The first-order valence-corrected chi connectivity index (χ1v) is 4.67. The van der Waals surface area contributed by atoms with Gasteiger partial charge in [-0.15, -0.1) is 0 Å². The number of hydrogen-bond donors (Lipinski definition) is 2. The number of carbonyl (C=O) groups is 1. The zero-order valence-electron chi connectivity index (χ0n) is 8.32. The molecule has 0 aliphatic rings. The summed E-state index contributed by atoms with van der Waals surface area (Å²) in [6.45, 7) is 1.97. The van der Waals surface area contributed by atoms with Gasteiger partial charge < -0.3 is 10.1 Å². The normalized spacial score (nSPS) is 11.3. The molecule has 0 fully saturated rings. The summed E-state index contributed by atoms with van der Waals surface area (Å²) >= 11 is 0. The minimum Gasteiger partial charge on any atom is -0.478 e. The predicted molar refractivity (Wildman–Crippen MR) is 59.7 cm³/mol. The van der Waals surface area contributed by atoms with Crippen LogP contribution in [0.5, 0.6) is 0 Å². The van der Waals surface area contributed by atoms with Crippen molar-refractivity contribution in [3.05, 3.63) is 41.6 Å². The second kappa shape index (κ2) is 3.61. The van der Waals surface area contributed by atoms with Crippen LogP contribution in [0.4, 0.5) is 0 Å². The second-order valence-electron chi connectivity index (χ2n) is 3.38. The van der Waals surface area contributed by atoms with Gasteiger partial charge in [0.1, 0.15) is 0 Å². The molecule has 0 bridgehead atoms. The van der Waals surface area contributed by atoms with Gasteiger partial charge in [0.25, 0.3) is 0 Å². The summed E-state index contributed by atoms with van der Waals surface area (Å²) in [4.78, 5) is 13.6. The first kappa shape index (κ1) is 9.52. The van der Waals surface area contributed by atoms with Gasteiger partial charge in [-0.05, 0) is 24.6 Å². The third-order valence-electron chi connectivity index (χ3n) is 2.40. The predicted octanol–water partition coefficient (Wildman–Crippen LogP) is 2.57. The van der Waals surface area contributed by atoms with Gasteiger partial charge in [0, 0.05) is 22.7 Å². The average molecular weight is 201 g/mol. The van der Waals surface area contributed by atoms with E-state index in [1.807, 2.05) is 31.2 Å². The summed E-state index contributed by atoms with van der Waals surface area (Å²) in [6, 6.07) is 7.90. The summed E-state index contributed by atoms with van der Waals surface area (Å²) in [7, 11) is 0. The van der Waals surface area contributed by atoms with E-state index in [4.69, 9.17) is 5.11 Å². The topological polar surface area (TPSA) is 53.1 Å². The maximum atomic E-state index is 10.4. The first-order valence-electron chi connectivity index (χ1n) is 4.67. The molecular formula is C12H11NO2. The van der Waals surface area contributed by atoms with E-state index in [1.54, 1.807) is 6.08 Å². The number of aryl methyl sites for hydroxylation is 1. The fourth-order valence-corrected chi connectivity index (χ4v) is 1.62. The third kappa shape index (κ3) is 1.76. The lowest BCUT2D eigenvalue weighted by molar-refractivity contribution is -0.131. The van der Waals surface area contributed by atoms with Crippen molar-refractivity contribution in [2.24, 2.45) is 0 Å². The number of aromatic nitrogens is 1. The van der Waals surface area contributed by atoms with Crippen LogP contribution in [-0.4, -0.2) is 16.1 Å². The lowest BCUT2D eigenvalue weighted by Crippen LogP contribution is -1.86. The Bertz CT molecular complexity index is 538. The molecule has 0 amide bonds. The minimum atomic E-state index is -0.937. The van der Waals surface area contributed by atoms with E-state index in [-0.39, 0.29) is 0 Å². The van der Waals surface area contributed by atoms with E-state index >= 15 is 0 Å². The largest absolute Gasteiger partial charge is 0.478 e. The molecule has 1 heterocycles. The number of aromatic amines is 1. The number of aliphatic carboxylic acids is 1. The molecular weight excluding hydrogens is 190 g/mol. The average Bonchev–Trinajstić information content (AvgIpc) is 2.54. The molecule has 1 aromatic heterocycles. The van der Waals surface area contributed by atoms with Crippen LogP contribution in [-0.2, 0) is 4.79 Å². The highest BCUT2D eigenvalue weighted by molar-refractivity contribution is 5.90. The van der Waals surface area contributed by atoms with Crippen LogP contribution in [0.3, 0.4) is 0 Å². The number of carboxylic acid groups (broad SMARTS) is 1. The van der Waals surface area contributed by atoms with E-state index in [0.717, 1.165) is 28.2 Å². The van der Waals surface area contributed by atoms with Crippen molar-refractivity contribution in [2.75, 3.05) is 0 Å². The van der Waals surface area contributed by atoms with E-state index in [0.29, 0.717) is 0 Å². The molecule has 76 valence electrons. The molecule has 0 aliphatic heterocycles. The fraction of sp³-hybridized carbons (Fsp3) is 0.0833. The third-order valence-corrected chi connectivity index (χ3v) is 2.40. The standard InChI is InChI=1S/C12H11NO2/c1-8-9-4-2-3-5-11(9)13-10(8)6-7-12(14)15/h2-7,13H,1H3,(H,14,15)/b7-6+. The molecule has 2 aromatic rings. The van der Waals surface area contributed by atoms with Gasteiger partial charge in [0.2, 0.25) is 0 Å². The highest BCUT2D eigenvalue weighted by atomic mass is 16.4. The van der Waals surface area contributed by atoms with Crippen molar-refractivity contribution < 1.29 is 9.90 Å². The molecule has 0 saturated carbocycles. The molecule has 3 heteroatoms. The van der Waals surface area contributed by atoms with Crippen LogP contribution in [0, 0.1) is 6.92 Å². The number of benzene rings is 1. The molecule has 1 aromatic carbocycles. The highest BCUT2D eigenvalue weighted by Gasteiger charge is 2.03. The minimum absolute atomic E-state index is 0.846. The summed E-state index contributed by atoms with van der Waals surface area (Å²) < 4.78 is 0. The number of hydrogen-bond acceptors (Lipinski definition) is 1. The zero-order chi connectivity index (χ0) is 10.8. The van der Waals surface area contributed by atoms with Gasteiger partial charge in [-0.2, -0.15) is 0 Å². The van der Waals surface area contributed by atoms with Crippen molar-refractivity contribution in [1.29, 1.82) is 0 Å². The summed E-state index contributed by atoms with van der Waals surface area (Å²) in [5.74, 6) is -0.937. The molecule has 0 atom stereocenters. The number of fused-ring (bicyclic) bond motifs is 1. The quantitative estimate of drug-likeness (QED) is 0.734. The zero-order valence-corrected chi connectivity index (χ0v) is 8.32. The van der Waals surface area contributed by atoms with Crippen LogP contribution in [0.2, 0.25) is 0 Å². The van der Waals surface area contributed by atoms with Crippen molar-refractivity contribution in [3.8, 4) is 0 Å². The Morgan fingerprint density at radius 1 is 1.40 bits per heavy atom. The van der Waals surface area contributed by atoms with Crippen LogP contribution in [0.25, 0.3) is 17.0 Å². The summed E-state index contributed by atoms with van der Waals surface area (Å²) in [6.07, 6.45) is 2.72. The molecule has 0 unspecified atom stereocenters. The number of para-hydroxylation sites is 1. The Kier molecular flexibility index (Phi) is 2.29. The number of carboxylic acids is 1. The summed E-state index contributed by atoms with van der Waals surface area (Å²) in [5.41, 5.74) is 2.95. The molecule has 0 aliphatic carbocycles. The van der Waals surface area contributed by atoms with Gasteiger partial charge in [-0.3, -0.25) is 0 Å². The Morgan fingerprint density at radius 2 is 2.13 bits per heavy atom. The molecule has 2 N–H and O–H groups in total. The number of H-pyrrole nitrogens is 1. The second-order valence-corrected chi connectivity index (χ2v) is 3.38. The molecule has 0 radical (unpaired) electrons. The molecule has 2 rings (SSSR count). The lowest BCUT2D eigenvalue weighted by atomic mass is 10.1. The number of nitrogens with one attached hydrogen (secondary N) is 1. The molecule has 0 spiro atoms. The van der Waals surface area contributed by atoms with E-state index < -0.39 is 5.97 Å². The Hall–Kier alpha value is -2.03. The SMILES string of the molecule is Cc1c(/C=C/C(=O)O)[nH]c2ccccc12. The van der Waals surface area contributed by atoms with Crippen LogP contribution >= 0.6 is 0 Å². The van der Waals surface area contributed by atoms with Crippen molar-refractivity contribution in [2.45, 2.75) is 6.92 Å². The monoisotopic (exact) mass is 201 g/mol. The van der Waals surface area contributed by atoms with Crippen LogP contribution in [0.15, 0.2) is 30.3 Å². The fourth-order valence-electron chi connectivity index (χ4n) is 1.62. The maximum absolute atomic E-state index is 10.4. The van der Waals surface area contributed by atoms with E-state index in [1.165, 1.54) is 0 Å². The van der Waals surface area contributed by atoms with Crippen LogP contribution < -0.4 is 0 Å². The molecule has 0 saturated heterocycles. The summed E-state index contributed by atoms with van der Waals surface area (Å²) in [5, 5.41) is 9.67. The van der Waals surface area contributed by atoms with Gasteiger partial charge in [0.05, 0.1) is 0 Å². The Labute approximate surface area is 87.0 Å². The van der Waals surface area contributed by atoms with Gasteiger partial charge >= 0.3 is 5.97 Å². The number of rotatable bonds is 2.